The van der Waals surface area contributed by atoms with Crippen LogP contribution in [0.2, 0.25) is 0 Å². The summed E-state index contributed by atoms with van der Waals surface area (Å²) in [5, 5.41) is 25.8. The maximum absolute atomic E-state index is 12.4. The Bertz CT molecular complexity index is 609. The van der Waals surface area contributed by atoms with Gasteiger partial charge in [0.2, 0.25) is 5.91 Å². The summed E-state index contributed by atoms with van der Waals surface area (Å²) in [5.74, 6) is 0.238. The SMILES string of the molecule is CC(C)NCC(O)C(CC(=O)NCC(C)(C)CO[N+](=O)[O-])Oc1ccccc1. The third-order valence-electron chi connectivity index (χ3n) is 3.91. The van der Waals surface area contributed by atoms with Gasteiger partial charge >= 0.3 is 0 Å². The van der Waals surface area contributed by atoms with Gasteiger partial charge in [0.1, 0.15) is 24.6 Å². The van der Waals surface area contributed by atoms with Gasteiger partial charge in [0, 0.05) is 24.5 Å². The summed E-state index contributed by atoms with van der Waals surface area (Å²) in [4.78, 5) is 27.1. The number of aliphatic hydroxyl groups is 1. The van der Waals surface area contributed by atoms with Crippen molar-refractivity contribution in [3.05, 3.63) is 40.4 Å². The minimum Gasteiger partial charge on any atom is -0.487 e. The fourth-order valence-electron chi connectivity index (χ4n) is 2.29. The van der Waals surface area contributed by atoms with Gasteiger partial charge in [-0.25, -0.2) is 0 Å². The summed E-state index contributed by atoms with van der Waals surface area (Å²) in [6.45, 7) is 7.75. The molecule has 0 saturated carbocycles. The van der Waals surface area contributed by atoms with Crippen LogP contribution in [0.5, 0.6) is 5.75 Å². The highest BCUT2D eigenvalue weighted by Crippen LogP contribution is 2.16. The van der Waals surface area contributed by atoms with Crippen LogP contribution in [0.3, 0.4) is 0 Å². The van der Waals surface area contributed by atoms with Crippen LogP contribution in [-0.2, 0) is 9.63 Å². The normalized spacial score (nSPS) is 13.6. The number of ether oxygens (including phenoxy) is 1. The summed E-state index contributed by atoms with van der Waals surface area (Å²) in [6, 6.07) is 9.16. The van der Waals surface area contributed by atoms with E-state index < -0.39 is 22.7 Å². The average Bonchev–Trinajstić information content (AvgIpc) is 2.63. The number of aliphatic hydroxyl groups excluding tert-OH is 1. The molecule has 0 aromatic heterocycles. The van der Waals surface area contributed by atoms with E-state index in [-0.39, 0.29) is 38.1 Å². The number of hydrogen-bond acceptors (Lipinski definition) is 7. The van der Waals surface area contributed by atoms with Crippen LogP contribution in [0.4, 0.5) is 0 Å². The fourth-order valence-corrected chi connectivity index (χ4v) is 2.29. The molecule has 0 aliphatic rings. The molecule has 1 aromatic rings. The summed E-state index contributed by atoms with van der Waals surface area (Å²) in [6.07, 6.45) is -1.69. The Morgan fingerprint density at radius 1 is 1.29 bits per heavy atom. The van der Waals surface area contributed by atoms with Gasteiger partial charge in [0.05, 0.1) is 6.42 Å². The molecule has 9 nitrogen and oxygen atoms in total. The maximum atomic E-state index is 12.4. The number of para-hydroxylation sites is 1. The minimum atomic E-state index is -0.890. The van der Waals surface area contributed by atoms with E-state index in [2.05, 4.69) is 15.5 Å². The van der Waals surface area contributed by atoms with Crippen molar-refractivity contribution in [1.82, 2.24) is 10.6 Å². The molecular weight excluding hydrogens is 366 g/mol. The van der Waals surface area contributed by atoms with Crippen LogP contribution in [0.1, 0.15) is 34.1 Å². The van der Waals surface area contributed by atoms with E-state index in [1.54, 1.807) is 26.0 Å². The molecule has 1 aromatic carbocycles. The second-order valence-corrected chi connectivity index (χ2v) is 7.74. The second kappa shape index (κ2) is 11.5. The van der Waals surface area contributed by atoms with Crippen molar-refractivity contribution in [2.75, 3.05) is 19.7 Å². The predicted molar refractivity (Wildman–Crippen MR) is 104 cm³/mol. The highest BCUT2D eigenvalue weighted by molar-refractivity contribution is 5.76. The van der Waals surface area contributed by atoms with Crippen LogP contribution in [0.15, 0.2) is 30.3 Å². The molecule has 0 aliphatic heterocycles. The first-order valence-corrected chi connectivity index (χ1v) is 9.26. The Labute approximate surface area is 165 Å². The Morgan fingerprint density at radius 3 is 2.50 bits per heavy atom. The lowest BCUT2D eigenvalue weighted by Gasteiger charge is -2.27. The molecule has 2 atom stereocenters. The fraction of sp³-hybridized carbons (Fsp3) is 0.632. The molecule has 158 valence electrons. The first-order valence-electron chi connectivity index (χ1n) is 9.26. The van der Waals surface area contributed by atoms with Crippen LogP contribution >= 0.6 is 0 Å². The largest absolute Gasteiger partial charge is 0.487 e. The zero-order chi connectivity index (χ0) is 21.2. The summed E-state index contributed by atoms with van der Waals surface area (Å²) in [7, 11) is 0. The van der Waals surface area contributed by atoms with Gasteiger partial charge in [0.15, 0.2) is 0 Å². The molecule has 0 heterocycles. The molecular formula is C19H31N3O6. The van der Waals surface area contributed by atoms with Gasteiger partial charge in [-0.15, -0.1) is 10.1 Å². The Balaban J connectivity index is 2.65. The third-order valence-corrected chi connectivity index (χ3v) is 3.91. The first kappa shape index (κ1) is 23.6. The zero-order valence-electron chi connectivity index (χ0n) is 16.9. The number of carbonyl (C=O) groups is 1. The smallest absolute Gasteiger partial charge is 0.294 e. The molecule has 9 heteroatoms. The van der Waals surface area contributed by atoms with E-state index in [1.807, 2.05) is 32.0 Å². The van der Waals surface area contributed by atoms with E-state index in [9.17, 15) is 20.0 Å². The second-order valence-electron chi connectivity index (χ2n) is 7.74. The topological polar surface area (TPSA) is 123 Å². The highest BCUT2D eigenvalue weighted by Gasteiger charge is 2.26. The van der Waals surface area contributed by atoms with E-state index >= 15 is 0 Å². The number of nitrogens with one attached hydrogen (secondary N) is 2. The lowest BCUT2D eigenvalue weighted by molar-refractivity contribution is -0.760. The van der Waals surface area contributed by atoms with Crippen molar-refractivity contribution in [2.45, 2.75) is 52.4 Å². The number of carbonyl (C=O) groups excluding carboxylic acids is 1. The summed E-state index contributed by atoms with van der Waals surface area (Å²) < 4.78 is 5.83. The van der Waals surface area contributed by atoms with Crippen LogP contribution in [0, 0.1) is 15.5 Å². The molecule has 28 heavy (non-hydrogen) atoms. The Kier molecular flexibility index (Phi) is 9.67. The number of benzene rings is 1. The number of rotatable bonds is 13. The molecule has 3 N–H and O–H groups in total. The lowest BCUT2D eigenvalue weighted by atomic mass is 9.95. The van der Waals surface area contributed by atoms with Crippen LogP contribution in [0.25, 0.3) is 0 Å². The average molecular weight is 397 g/mol. The van der Waals surface area contributed by atoms with Crippen LogP contribution in [-0.4, -0.2) is 54.0 Å². The van der Waals surface area contributed by atoms with E-state index in [0.717, 1.165) is 0 Å². The van der Waals surface area contributed by atoms with Crippen molar-refractivity contribution >= 4 is 5.91 Å². The van der Waals surface area contributed by atoms with Gasteiger partial charge in [-0.2, -0.15) is 0 Å². The van der Waals surface area contributed by atoms with Gasteiger partial charge < -0.3 is 25.3 Å². The molecule has 0 spiro atoms. The van der Waals surface area contributed by atoms with Gasteiger partial charge in [-0.05, 0) is 12.1 Å². The predicted octanol–water partition coefficient (Wildman–Crippen LogP) is 1.53. The molecule has 0 aliphatic carbocycles. The standard InChI is InChI=1S/C19H31N3O6/c1-14(2)20-11-16(23)17(28-15-8-6-5-7-9-15)10-18(24)21-12-19(3,4)13-27-22(25)26/h5-9,14,16-17,20,23H,10-13H2,1-4H3,(H,21,24). The lowest BCUT2D eigenvalue weighted by Crippen LogP contribution is -2.45. The van der Waals surface area contributed by atoms with Crippen molar-refractivity contribution in [3.63, 3.8) is 0 Å². The molecule has 1 amide bonds. The Morgan fingerprint density at radius 2 is 1.93 bits per heavy atom. The maximum Gasteiger partial charge on any atom is 0.294 e. The Hall–Kier alpha value is -2.39. The highest BCUT2D eigenvalue weighted by atomic mass is 16.9. The zero-order valence-corrected chi connectivity index (χ0v) is 16.9. The molecule has 0 fully saturated rings. The summed E-state index contributed by atoms with van der Waals surface area (Å²) >= 11 is 0. The van der Waals surface area contributed by atoms with Crippen LogP contribution < -0.4 is 15.4 Å². The van der Waals surface area contributed by atoms with E-state index in [1.165, 1.54) is 0 Å². The van der Waals surface area contributed by atoms with Crippen molar-refractivity contribution in [2.24, 2.45) is 5.41 Å². The molecule has 1 rings (SSSR count). The first-order chi connectivity index (χ1) is 13.1. The summed E-state index contributed by atoms with van der Waals surface area (Å²) in [5.41, 5.74) is -0.615. The number of nitrogens with zero attached hydrogens (tertiary/aromatic N) is 1. The minimum absolute atomic E-state index is 0.0536. The molecule has 0 saturated heterocycles. The monoisotopic (exact) mass is 397 g/mol. The number of hydrogen-bond donors (Lipinski definition) is 3. The molecule has 0 radical (unpaired) electrons. The van der Waals surface area contributed by atoms with Gasteiger partial charge in [-0.3, -0.25) is 4.79 Å². The van der Waals surface area contributed by atoms with Crippen molar-refractivity contribution in [1.29, 1.82) is 0 Å². The van der Waals surface area contributed by atoms with E-state index in [0.29, 0.717) is 5.75 Å². The van der Waals surface area contributed by atoms with E-state index in [4.69, 9.17) is 4.74 Å². The van der Waals surface area contributed by atoms with Crippen molar-refractivity contribution in [3.8, 4) is 5.75 Å². The van der Waals surface area contributed by atoms with Crippen molar-refractivity contribution < 1.29 is 24.6 Å². The molecule has 2 unspecified atom stereocenters. The van der Waals surface area contributed by atoms with Gasteiger partial charge in [-0.1, -0.05) is 45.9 Å². The number of amides is 1. The molecule has 0 bridgehead atoms. The van der Waals surface area contributed by atoms with Gasteiger partial charge in [0.25, 0.3) is 5.09 Å². The quantitative estimate of drug-likeness (QED) is 0.341. The third kappa shape index (κ3) is 10.1.